The molecule has 160 valence electrons. The summed E-state index contributed by atoms with van der Waals surface area (Å²) in [6, 6.07) is 12.0. The van der Waals surface area contributed by atoms with Crippen LogP contribution in [0, 0.1) is 19.8 Å². The molecule has 2 N–H and O–H groups in total. The van der Waals surface area contributed by atoms with Crippen molar-refractivity contribution in [1.82, 2.24) is 10.2 Å². The van der Waals surface area contributed by atoms with Crippen LogP contribution in [0.15, 0.2) is 46.9 Å². The Morgan fingerprint density at radius 2 is 1.77 bits per heavy atom. The van der Waals surface area contributed by atoms with Gasteiger partial charge in [0.25, 0.3) is 5.91 Å². The molecule has 0 radical (unpaired) electrons. The van der Waals surface area contributed by atoms with Crippen LogP contribution >= 0.6 is 15.9 Å². The van der Waals surface area contributed by atoms with Crippen molar-refractivity contribution in [3.8, 4) is 0 Å². The predicted octanol–water partition coefficient (Wildman–Crippen LogP) is 3.92. The van der Waals surface area contributed by atoms with E-state index in [4.69, 9.17) is 0 Å². The number of halogens is 1. The molecule has 1 unspecified atom stereocenters. The molecule has 7 heteroatoms. The summed E-state index contributed by atoms with van der Waals surface area (Å²) in [5.74, 6) is -1.06. The fourth-order valence-electron chi connectivity index (χ4n) is 3.01. The molecule has 2 rings (SSSR count). The third-order valence-corrected chi connectivity index (χ3v) is 5.21. The Kier molecular flexibility index (Phi) is 8.17. The van der Waals surface area contributed by atoms with Gasteiger partial charge in [0.15, 0.2) is 0 Å². The Morgan fingerprint density at radius 1 is 1.07 bits per heavy atom. The lowest BCUT2D eigenvalue weighted by molar-refractivity contribution is -0.135. The summed E-state index contributed by atoms with van der Waals surface area (Å²) in [5, 5.41) is 5.64. The van der Waals surface area contributed by atoms with Crippen molar-refractivity contribution in [2.45, 2.75) is 33.7 Å². The number of anilines is 1. The molecule has 0 aromatic heterocycles. The maximum Gasteiger partial charge on any atom is 0.251 e. The number of carbonyl (C=O) groups excluding carboxylic acids is 3. The van der Waals surface area contributed by atoms with Crippen molar-refractivity contribution in [2.24, 2.45) is 5.92 Å². The quantitative estimate of drug-likeness (QED) is 0.639. The van der Waals surface area contributed by atoms with E-state index in [2.05, 4.69) is 26.6 Å². The number of benzene rings is 2. The van der Waals surface area contributed by atoms with Crippen LogP contribution in [0.1, 0.15) is 35.3 Å². The molecule has 1 atom stereocenters. The van der Waals surface area contributed by atoms with Crippen molar-refractivity contribution >= 4 is 39.3 Å². The van der Waals surface area contributed by atoms with Gasteiger partial charge in [0, 0.05) is 22.8 Å². The summed E-state index contributed by atoms with van der Waals surface area (Å²) in [5.41, 5.74) is 3.07. The molecule has 2 aromatic rings. The van der Waals surface area contributed by atoms with Gasteiger partial charge >= 0.3 is 0 Å². The minimum atomic E-state index is -0.731. The zero-order valence-corrected chi connectivity index (χ0v) is 19.5. The summed E-state index contributed by atoms with van der Waals surface area (Å²) >= 11 is 3.39. The molecular weight excluding hydrogens is 446 g/mol. The van der Waals surface area contributed by atoms with Crippen molar-refractivity contribution in [1.29, 1.82) is 0 Å². The highest BCUT2D eigenvalue weighted by molar-refractivity contribution is 9.10. The molecule has 3 amide bonds. The molecule has 6 nitrogen and oxygen atoms in total. The number of nitrogens with zero attached hydrogens (tertiary/aromatic N) is 1. The molecule has 30 heavy (non-hydrogen) atoms. The second-order valence-corrected chi connectivity index (χ2v) is 8.68. The molecule has 0 saturated carbocycles. The molecule has 2 aromatic carbocycles. The summed E-state index contributed by atoms with van der Waals surface area (Å²) in [4.78, 5) is 39.3. The normalized spacial score (nSPS) is 11.7. The maximum atomic E-state index is 12.9. The standard InChI is InChI=1S/C23H28BrN3O3/c1-14(2)21(26-22(29)17-8-6-7-15(3)11-17)23(30)27(5)13-20(28)25-19-10-9-18(24)12-16(19)4/h6-12,14,21H,13H2,1-5H3,(H,25,28)(H,26,29). The van der Waals surface area contributed by atoms with Gasteiger partial charge < -0.3 is 15.5 Å². The molecule has 0 spiro atoms. The Labute approximate surface area is 186 Å². The Balaban J connectivity index is 2.03. The number of aryl methyl sites for hydroxylation is 2. The van der Waals surface area contributed by atoms with E-state index in [1.54, 1.807) is 31.3 Å². The highest BCUT2D eigenvalue weighted by Gasteiger charge is 2.28. The maximum absolute atomic E-state index is 12.9. The number of hydrogen-bond donors (Lipinski definition) is 2. The molecule has 0 bridgehead atoms. The second kappa shape index (κ2) is 10.4. The third kappa shape index (κ3) is 6.42. The molecule has 0 saturated heterocycles. The number of amides is 3. The summed E-state index contributed by atoms with van der Waals surface area (Å²) in [6.45, 7) is 7.40. The fourth-order valence-corrected chi connectivity index (χ4v) is 3.49. The van der Waals surface area contributed by atoms with Crippen LogP contribution < -0.4 is 10.6 Å². The van der Waals surface area contributed by atoms with Crippen LogP contribution in [0.3, 0.4) is 0 Å². The van der Waals surface area contributed by atoms with Crippen molar-refractivity contribution in [3.05, 3.63) is 63.6 Å². The topological polar surface area (TPSA) is 78.5 Å². The zero-order valence-electron chi connectivity index (χ0n) is 18.0. The Bertz CT molecular complexity index is 943. The van der Waals surface area contributed by atoms with Crippen LogP contribution in [0.25, 0.3) is 0 Å². The lowest BCUT2D eigenvalue weighted by Gasteiger charge is -2.27. The number of rotatable bonds is 7. The van der Waals surface area contributed by atoms with Gasteiger partial charge in [0.1, 0.15) is 6.04 Å². The van der Waals surface area contributed by atoms with Crippen LogP contribution in [-0.2, 0) is 9.59 Å². The molecule has 0 aliphatic carbocycles. The minimum absolute atomic E-state index is 0.113. The first-order chi connectivity index (χ1) is 14.1. The largest absolute Gasteiger partial charge is 0.340 e. The van der Waals surface area contributed by atoms with E-state index in [0.717, 1.165) is 15.6 Å². The Hall–Kier alpha value is -2.67. The molecule has 0 heterocycles. The van der Waals surface area contributed by atoms with Gasteiger partial charge in [-0.15, -0.1) is 0 Å². The van der Waals surface area contributed by atoms with E-state index in [0.29, 0.717) is 11.3 Å². The van der Waals surface area contributed by atoms with Gasteiger partial charge in [-0.3, -0.25) is 14.4 Å². The average Bonchev–Trinajstić information content (AvgIpc) is 2.67. The van der Waals surface area contributed by atoms with Crippen LogP contribution in [0.5, 0.6) is 0 Å². The zero-order chi connectivity index (χ0) is 22.4. The van der Waals surface area contributed by atoms with Gasteiger partial charge in [-0.25, -0.2) is 0 Å². The fraction of sp³-hybridized carbons (Fsp3) is 0.348. The van der Waals surface area contributed by atoms with Crippen molar-refractivity contribution in [2.75, 3.05) is 18.9 Å². The van der Waals surface area contributed by atoms with Crippen LogP contribution in [0.2, 0.25) is 0 Å². The lowest BCUT2D eigenvalue weighted by atomic mass is 10.0. The Morgan fingerprint density at radius 3 is 2.37 bits per heavy atom. The third-order valence-electron chi connectivity index (χ3n) is 4.72. The van der Waals surface area contributed by atoms with Gasteiger partial charge in [-0.05, 0) is 55.7 Å². The van der Waals surface area contributed by atoms with E-state index in [9.17, 15) is 14.4 Å². The van der Waals surface area contributed by atoms with Gasteiger partial charge in [0.05, 0.1) is 6.54 Å². The summed E-state index contributed by atoms with van der Waals surface area (Å²) < 4.78 is 0.925. The number of carbonyl (C=O) groups is 3. The summed E-state index contributed by atoms with van der Waals surface area (Å²) in [7, 11) is 1.56. The first-order valence-electron chi connectivity index (χ1n) is 9.77. The van der Waals surface area contributed by atoms with E-state index < -0.39 is 6.04 Å². The smallest absolute Gasteiger partial charge is 0.251 e. The lowest BCUT2D eigenvalue weighted by Crippen LogP contribution is -2.51. The first kappa shape index (κ1) is 23.6. The monoisotopic (exact) mass is 473 g/mol. The predicted molar refractivity (Wildman–Crippen MR) is 122 cm³/mol. The van der Waals surface area contributed by atoms with Crippen LogP contribution in [0.4, 0.5) is 5.69 Å². The molecule has 0 fully saturated rings. The first-order valence-corrected chi connectivity index (χ1v) is 10.6. The van der Waals surface area contributed by atoms with E-state index >= 15 is 0 Å². The van der Waals surface area contributed by atoms with Crippen LogP contribution in [-0.4, -0.2) is 42.3 Å². The summed E-state index contributed by atoms with van der Waals surface area (Å²) in [6.07, 6.45) is 0. The molecule has 0 aliphatic rings. The second-order valence-electron chi connectivity index (χ2n) is 7.77. The SMILES string of the molecule is Cc1cccc(C(=O)NC(C(=O)N(C)CC(=O)Nc2ccc(Br)cc2C)C(C)C)c1. The number of nitrogens with one attached hydrogen (secondary N) is 2. The van der Waals surface area contributed by atoms with Gasteiger partial charge in [0.2, 0.25) is 11.8 Å². The minimum Gasteiger partial charge on any atom is -0.340 e. The van der Waals surface area contributed by atoms with Gasteiger partial charge in [-0.2, -0.15) is 0 Å². The average molecular weight is 474 g/mol. The highest BCUT2D eigenvalue weighted by atomic mass is 79.9. The van der Waals surface area contributed by atoms with E-state index in [1.807, 2.05) is 45.9 Å². The number of hydrogen-bond acceptors (Lipinski definition) is 3. The van der Waals surface area contributed by atoms with Crippen molar-refractivity contribution < 1.29 is 14.4 Å². The van der Waals surface area contributed by atoms with E-state index in [-0.39, 0.29) is 30.2 Å². The molecule has 0 aliphatic heterocycles. The number of likely N-dealkylation sites (N-methyl/N-ethyl adjacent to an activating group) is 1. The van der Waals surface area contributed by atoms with Gasteiger partial charge in [-0.1, -0.05) is 47.5 Å². The highest BCUT2D eigenvalue weighted by Crippen LogP contribution is 2.20. The van der Waals surface area contributed by atoms with Crippen molar-refractivity contribution in [3.63, 3.8) is 0 Å². The molecular formula is C23H28BrN3O3. The van der Waals surface area contributed by atoms with E-state index in [1.165, 1.54) is 4.90 Å².